The van der Waals surface area contributed by atoms with Gasteiger partial charge in [-0.05, 0) is 56.7 Å². The number of cyclic esters (lactones) is 1. The minimum atomic E-state index is -0.542. The Morgan fingerprint density at radius 1 is 1.09 bits per heavy atom. The number of carbonyl (C=O) groups is 2. The summed E-state index contributed by atoms with van der Waals surface area (Å²) < 4.78 is 13.3. The van der Waals surface area contributed by atoms with E-state index in [1.165, 1.54) is 0 Å². The monoisotopic (exact) mass is 485 g/mol. The summed E-state index contributed by atoms with van der Waals surface area (Å²) in [6, 6.07) is 6.16. The minimum absolute atomic E-state index is 0.00419. The van der Waals surface area contributed by atoms with Crippen LogP contribution in [0.2, 0.25) is 0 Å². The number of epoxide rings is 1. The van der Waals surface area contributed by atoms with Crippen molar-refractivity contribution in [1.82, 2.24) is 4.98 Å². The van der Waals surface area contributed by atoms with Crippen LogP contribution in [0.3, 0.4) is 0 Å². The summed E-state index contributed by atoms with van der Waals surface area (Å²) in [6.07, 6.45) is 5.14. The van der Waals surface area contributed by atoms with Crippen molar-refractivity contribution in [2.75, 3.05) is 0 Å². The fourth-order valence-corrected chi connectivity index (χ4v) is 6.37. The van der Waals surface area contributed by atoms with Crippen LogP contribution in [0.25, 0.3) is 10.2 Å². The van der Waals surface area contributed by atoms with Gasteiger partial charge in [0.25, 0.3) is 0 Å². The van der Waals surface area contributed by atoms with Gasteiger partial charge < -0.3 is 9.47 Å². The molecule has 2 aliphatic rings. The fourth-order valence-electron chi connectivity index (χ4n) is 5.57. The van der Waals surface area contributed by atoms with Crippen molar-refractivity contribution in [2.24, 2.45) is 17.3 Å². The van der Waals surface area contributed by atoms with Crippen LogP contribution in [0.4, 0.5) is 0 Å². The number of Topliss-reactive ketones (excluding diaryl/α,β-unsaturated/α-hetero) is 1. The Morgan fingerprint density at radius 3 is 2.62 bits per heavy atom. The van der Waals surface area contributed by atoms with Crippen LogP contribution < -0.4 is 0 Å². The fraction of sp³-hybridized carbons (Fsp3) is 0.679. The van der Waals surface area contributed by atoms with Gasteiger partial charge in [-0.2, -0.15) is 0 Å². The lowest BCUT2D eigenvalue weighted by molar-refractivity contribution is -0.151. The summed E-state index contributed by atoms with van der Waals surface area (Å²) >= 11 is 1.67. The highest BCUT2D eigenvalue weighted by Gasteiger charge is 2.52. The second-order valence-electron chi connectivity index (χ2n) is 11.5. The first-order valence-corrected chi connectivity index (χ1v) is 13.6. The van der Waals surface area contributed by atoms with Crippen molar-refractivity contribution in [3.63, 3.8) is 0 Å². The first-order chi connectivity index (χ1) is 16.0. The van der Waals surface area contributed by atoms with Gasteiger partial charge >= 0.3 is 5.97 Å². The van der Waals surface area contributed by atoms with E-state index >= 15 is 0 Å². The molecule has 5 unspecified atom stereocenters. The molecule has 5 atom stereocenters. The molecule has 5 nitrogen and oxygen atoms in total. The maximum atomic E-state index is 13.2. The molecular weight excluding hydrogens is 446 g/mol. The topological polar surface area (TPSA) is 68.8 Å². The number of ether oxygens (including phenoxy) is 2. The van der Waals surface area contributed by atoms with Crippen molar-refractivity contribution < 1.29 is 19.1 Å². The molecular formula is C28H39NO4S. The van der Waals surface area contributed by atoms with Gasteiger partial charge in [-0.1, -0.05) is 46.6 Å². The summed E-state index contributed by atoms with van der Waals surface area (Å²) in [4.78, 5) is 30.7. The first kappa shape index (κ1) is 25.3. The van der Waals surface area contributed by atoms with E-state index in [0.29, 0.717) is 18.8 Å². The predicted molar refractivity (Wildman–Crippen MR) is 136 cm³/mol. The summed E-state index contributed by atoms with van der Waals surface area (Å²) in [5, 5.41) is 1.02. The van der Waals surface area contributed by atoms with E-state index < -0.39 is 5.41 Å². The van der Waals surface area contributed by atoms with E-state index in [-0.39, 0.29) is 41.9 Å². The maximum Gasteiger partial charge on any atom is 0.306 e. The third-order valence-corrected chi connectivity index (χ3v) is 8.77. The smallest absolute Gasteiger partial charge is 0.306 e. The Balaban J connectivity index is 1.57. The van der Waals surface area contributed by atoms with Crippen molar-refractivity contribution >= 4 is 33.3 Å². The Kier molecular flexibility index (Phi) is 7.21. The summed E-state index contributed by atoms with van der Waals surface area (Å²) in [6.45, 7) is 12.4. The van der Waals surface area contributed by atoms with Gasteiger partial charge in [0, 0.05) is 24.2 Å². The molecule has 2 fully saturated rings. The number of hydrogen-bond acceptors (Lipinski definition) is 6. The Hall–Kier alpha value is -1.79. The maximum absolute atomic E-state index is 13.2. The molecule has 0 saturated carbocycles. The lowest BCUT2D eigenvalue weighted by Gasteiger charge is -2.28. The average Bonchev–Trinajstić information content (AvgIpc) is 3.23. The van der Waals surface area contributed by atoms with Gasteiger partial charge in [0.05, 0.1) is 26.9 Å². The summed E-state index contributed by atoms with van der Waals surface area (Å²) in [5.74, 6) is 0.485. The number of thiazole rings is 1. The number of ketones is 1. The third-order valence-electron chi connectivity index (χ3n) is 7.82. The predicted octanol–water partition coefficient (Wildman–Crippen LogP) is 6.96. The van der Waals surface area contributed by atoms with Crippen molar-refractivity contribution in [3.05, 3.63) is 28.8 Å². The average molecular weight is 486 g/mol. The second-order valence-corrected chi connectivity index (χ2v) is 12.7. The van der Waals surface area contributed by atoms with E-state index in [0.717, 1.165) is 46.5 Å². The summed E-state index contributed by atoms with van der Waals surface area (Å²) in [7, 11) is 0. The quantitative estimate of drug-likeness (QED) is 0.323. The van der Waals surface area contributed by atoms with E-state index in [9.17, 15) is 9.59 Å². The zero-order chi connectivity index (χ0) is 24.7. The van der Waals surface area contributed by atoms with Crippen LogP contribution in [0.1, 0.15) is 96.2 Å². The normalized spacial score (nSPS) is 33.4. The van der Waals surface area contributed by atoms with Crippen LogP contribution in [0, 0.1) is 24.2 Å². The number of fused-ring (bicyclic) bond motifs is 2. The zero-order valence-corrected chi connectivity index (χ0v) is 22.3. The molecule has 1 aromatic carbocycles. The van der Waals surface area contributed by atoms with Gasteiger partial charge in [0.2, 0.25) is 0 Å². The van der Waals surface area contributed by atoms with Gasteiger partial charge in [0.1, 0.15) is 11.9 Å². The van der Waals surface area contributed by atoms with Crippen LogP contribution >= 0.6 is 11.3 Å². The third kappa shape index (κ3) is 5.71. The van der Waals surface area contributed by atoms with Crippen molar-refractivity contribution in [1.29, 1.82) is 0 Å². The number of aryl methyl sites for hydroxylation is 1. The number of benzene rings is 1. The first-order valence-electron chi connectivity index (χ1n) is 12.8. The molecule has 186 valence electrons. The number of carbonyl (C=O) groups excluding carboxylic acids is 2. The van der Waals surface area contributed by atoms with Crippen LogP contribution in [-0.4, -0.2) is 28.4 Å². The molecule has 2 saturated heterocycles. The van der Waals surface area contributed by atoms with Crippen LogP contribution in [0.5, 0.6) is 0 Å². The molecule has 4 rings (SSSR count). The highest BCUT2D eigenvalue weighted by molar-refractivity contribution is 7.18. The molecule has 0 aliphatic carbocycles. The molecule has 0 amide bonds. The molecule has 0 N–H and O–H groups in total. The number of aromatic nitrogens is 1. The molecule has 3 heterocycles. The molecule has 2 aliphatic heterocycles. The SMILES string of the molecule is Cc1nc2cc(C3CC4OC4(C)CCCC(C)CC(C)C(=O)C(C)(C)CCC(=O)O3)ccc2s1. The highest BCUT2D eigenvalue weighted by atomic mass is 32.1. The molecule has 6 heteroatoms. The van der Waals surface area contributed by atoms with E-state index in [1.807, 2.05) is 39.8 Å². The lowest BCUT2D eigenvalue weighted by atomic mass is 9.75. The molecule has 34 heavy (non-hydrogen) atoms. The number of rotatable bonds is 1. The van der Waals surface area contributed by atoms with E-state index in [1.54, 1.807) is 11.3 Å². The molecule has 1 aromatic heterocycles. The van der Waals surface area contributed by atoms with Gasteiger partial charge in [-0.25, -0.2) is 4.98 Å². The molecule has 2 aromatic rings. The highest BCUT2D eigenvalue weighted by Crippen LogP contribution is 2.46. The van der Waals surface area contributed by atoms with E-state index in [2.05, 4.69) is 24.9 Å². The second kappa shape index (κ2) is 9.69. The van der Waals surface area contributed by atoms with E-state index in [4.69, 9.17) is 9.47 Å². The number of hydrogen-bond donors (Lipinski definition) is 0. The standard InChI is InChI=1S/C28H39NO4S/c1-17-8-7-12-28(6)24(33-28)16-22(20-9-10-23-21(15-20)29-19(3)34-23)32-25(30)11-13-27(4,5)26(31)18(2)14-17/h9-10,15,17-18,22,24H,7-8,11-14,16H2,1-6H3. The molecule has 0 spiro atoms. The van der Waals surface area contributed by atoms with Gasteiger partial charge in [-0.3, -0.25) is 9.59 Å². The Morgan fingerprint density at radius 2 is 1.85 bits per heavy atom. The summed E-state index contributed by atoms with van der Waals surface area (Å²) in [5.41, 5.74) is 1.20. The van der Waals surface area contributed by atoms with Crippen molar-refractivity contribution in [3.8, 4) is 0 Å². The Labute approximate surface area is 207 Å². The Bertz CT molecular complexity index is 1060. The minimum Gasteiger partial charge on any atom is -0.457 e. The molecule has 0 bridgehead atoms. The van der Waals surface area contributed by atoms with Crippen LogP contribution in [-0.2, 0) is 19.1 Å². The molecule has 0 radical (unpaired) electrons. The number of nitrogens with zero attached hydrogens (tertiary/aromatic N) is 1. The van der Waals surface area contributed by atoms with Gasteiger partial charge in [-0.15, -0.1) is 11.3 Å². The zero-order valence-electron chi connectivity index (χ0n) is 21.5. The van der Waals surface area contributed by atoms with Gasteiger partial charge in [0.15, 0.2) is 0 Å². The van der Waals surface area contributed by atoms with Crippen LogP contribution in [0.15, 0.2) is 18.2 Å². The van der Waals surface area contributed by atoms with Crippen molar-refractivity contribution in [2.45, 2.75) is 104 Å². The largest absolute Gasteiger partial charge is 0.457 e. The lowest BCUT2D eigenvalue weighted by Crippen LogP contribution is -2.31. The number of esters is 1.